The van der Waals surface area contributed by atoms with Gasteiger partial charge >= 0.3 is 6.03 Å². The van der Waals surface area contributed by atoms with Crippen LogP contribution in [-0.4, -0.2) is 40.9 Å². The first-order valence-corrected chi connectivity index (χ1v) is 12.7. The second-order valence-electron chi connectivity index (χ2n) is 9.10. The summed E-state index contributed by atoms with van der Waals surface area (Å²) < 4.78 is 5.65. The Kier molecular flexibility index (Phi) is 5.29. The number of amides is 4. The van der Waals surface area contributed by atoms with E-state index in [9.17, 15) is 14.4 Å². The Balaban J connectivity index is 1.16. The van der Waals surface area contributed by atoms with Gasteiger partial charge in [0.1, 0.15) is 12.3 Å². The van der Waals surface area contributed by atoms with Gasteiger partial charge in [0.15, 0.2) is 10.7 Å². The lowest BCUT2D eigenvalue weighted by atomic mass is 9.84. The fraction of sp³-hybridized carbons (Fsp3) is 0.308. The number of urea groups is 1. The zero-order valence-corrected chi connectivity index (χ0v) is 19.8. The normalized spacial score (nSPS) is 20.7. The highest BCUT2D eigenvalue weighted by atomic mass is 32.1. The van der Waals surface area contributed by atoms with Gasteiger partial charge in [-0.05, 0) is 48.9 Å². The Hall–Kier alpha value is -3.72. The number of nitrogens with zero attached hydrogens (tertiary/aromatic N) is 2. The maximum atomic E-state index is 13.3. The number of imide groups is 1. The Morgan fingerprint density at radius 2 is 1.97 bits per heavy atom. The zero-order valence-electron chi connectivity index (χ0n) is 19.0. The lowest BCUT2D eigenvalue weighted by Gasteiger charge is -2.33. The largest absolute Gasteiger partial charge is 0.493 e. The zero-order chi connectivity index (χ0) is 24.0. The van der Waals surface area contributed by atoms with E-state index in [0.717, 1.165) is 29.0 Å². The molecule has 35 heavy (non-hydrogen) atoms. The van der Waals surface area contributed by atoms with Crippen molar-refractivity contribution in [3.63, 3.8) is 0 Å². The topological polar surface area (TPSA) is 101 Å². The van der Waals surface area contributed by atoms with E-state index < -0.39 is 23.4 Å². The van der Waals surface area contributed by atoms with Crippen molar-refractivity contribution in [2.75, 3.05) is 18.5 Å². The summed E-state index contributed by atoms with van der Waals surface area (Å²) in [5.74, 6) is -0.351. The SMILES string of the molecule is O=C(CN1C(=O)N[C@]2(CCOc3ccccc32)C1=O)Nc1nc(-c2ccc3c(c2)CCCC3)cs1. The van der Waals surface area contributed by atoms with Crippen LogP contribution in [0.15, 0.2) is 47.8 Å². The molecular weight excluding hydrogens is 464 g/mol. The Morgan fingerprint density at radius 1 is 1.14 bits per heavy atom. The molecule has 2 aromatic carbocycles. The van der Waals surface area contributed by atoms with E-state index in [1.165, 1.54) is 35.3 Å². The minimum Gasteiger partial charge on any atom is -0.493 e. The molecule has 0 unspecified atom stereocenters. The lowest BCUT2D eigenvalue weighted by Crippen LogP contribution is -2.48. The molecule has 1 saturated heterocycles. The molecule has 3 aromatic rings. The van der Waals surface area contributed by atoms with Gasteiger partial charge in [0.2, 0.25) is 5.91 Å². The summed E-state index contributed by atoms with van der Waals surface area (Å²) in [4.78, 5) is 44.4. The number of anilines is 1. The smallest absolute Gasteiger partial charge is 0.325 e. The third-order valence-electron chi connectivity index (χ3n) is 6.95. The van der Waals surface area contributed by atoms with E-state index in [2.05, 4.69) is 33.8 Å². The molecule has 3 heterocycles. The quantitative estimate of drug-likeness (QED) is 0.543. The number of nitrogens with one attached hydrogen (secondary N) is 2. The van der Waals surface area contributed by atoms with Gasteiger partial charge in [0.05, 0.1) is 12.3 Å². The van der Waals surface area contributed by atoms with Crippen LogP contribution in [0.4, 0.5) is 9.93 Å². The summed E-state index contributed by atoms with van der Waals surface area (Å²) in [5, 5.41) is 7.89. The van der Waals surface area contributed by atoms with Crippen LogP contribution in [0, 0.1) is 0 Å². The van der Waals surface area contributed by atoms with Crippen molar-refractivity contribution < 1.29 is 19.1 Å². The van der Waals surface area contributed by atoms with Crippen molar-refractivity contribution >= 4 is 34.3 Å². The maximum Gasteiger partial charge on any atom is 0.325 e. The highest BCUT2D eigenvalue weighted by molar-refractivity contribution is 7.14. The first kappa shape index (κ1) is 21.8. The number of fused-ring (bicyclic) bond motifs is 3. The summed E-state index contributed by atoms with van der Waals surface area (Å²) in [7, 11) is 0. The maximum absolute atomic E-state index is 13.3. The summed E-state index contributed by atoms with van der Waals surface area (Å²) in [6.45, 7) is -0.0865. The minimum atomic E-state index is -1.20. The van der Waals surface area contributed by atoms with Crippen LogP contribution < -0.4 is 15.4 Å². The number of aromatic nitrogens is 1. The number of ether oxygens (including phenoxy) is 1. The molecule has 0 radical (unpaired) electrons. The lowest BCUT2D eigenvalue weighted by molar-refractivity contribution is -0.135. The first-order valence-electron chi connectivity index (χ1n) is 11.8. The van der Waals surface area contributed by atoms with Crippen molar-refractivity contribution in [3.05, 3.63) is 64.5 Å². The molecule has 1 spiro atoms. The van der Waals surface area contributed by atoms with Crippen molar-refractivity contribution in [2.45, 2.75) is 37.6 Å². The van der Waals surface area contributed by atoms with E-state index in [4.69, 9.17) is 4.74 Å². The van der Waals surface area contributed by atoms with Crippen LogP contribution in [-0.2, 0) is 28.0 Å². The van der Waals surface area contributed by atoms with Gasteiger partial charge < -0.3 is 15.4 Å². The average Bonchev–Trinajstić information content (AvgIpc) is 3.43. The predicted octanol–water partition coefficient (Wildman–Crippen LogP) is 3.86. The Labute approximate surface area is 206 Å². The number of benzene rings is 2. The predicted molar refractivity (Wildman–Crippen MR) is 131 cm³/mol. The van der Waals surface area contributed by atoms with Gasteiger partial charge in [-0.2, -0.15) is 0 Å². The molecule has 2 N–H and O–H groups in total. The molecule has 6 rings (SSSR count). The van der Waals surface area contributed by atoms with Crippen molar-refractivity contribution in [2.24, 2.45) is 0 Å². The number of para-hydroxylation sites is 1. The monoisotopic (exact) mass is 488 g/mol. The van der Waals surface area contributed by atoms with Gasteiger partial charge in [-0.3, -0.25) is 14.5 Å². The third-order valence-corrected chi connectivity index (χ3v) is 7.71. The van der Waals surface area contributed by atoms with Crippen molar-refractivity contribution in [3.8, 4) is 17.0 Å². The highest BCUT2D eigenvalue weighted by Crippen LogP contribution is 2.41. The van der Waals surface area contributed by atoms with Crippen LogP contribution in [0.3, 0.4) is 0 Å². The third kappa shape index (κ3) is 3.76. The number of thiazole rings is 1. The molecule has 0 bridgehead atoms. The Bertz CT molecular complexity index is 1350. The second kappa shape index (κ2) is 8.49. The Morgan fingerprint density at radius 3 is 2.86 bits per heavy atom. The molecule has 178 valence electrons. The molecule has 0 saturated carbocycles. The minimum absolute atomic E-state index is 0.299. The van der Waals surface area contributed by atoms with Crippen LogP contribution in [0.1, 0.15) is 36.0 Å². The van der Waals surface area contributed by atoms with Gasteiger partial charge in [-0.1, -0.05) is 30.3 Å². The number of carbonyl (C=O) groups excluding carboxylic acids is 3. The van der Waals surface area contributed by atoms with Crippen LogP contribution in [0.25, 0.3) is 11.3 Å². The second-order valence-corrected chi connectivity index (χ2v) is 9.96. The van der Waals surface area contributed by atoms with Gasteiger partial charge in [-0.25, -0.2) is 9.78 Å². The average molecular weight is 489 g/mol. The highest BCUT2D eigenvalue weighted by Gasteiger charge is 2.55. The summed E-state index contributed by atoms with van der Waals surface area (Å²) in [6.07, 6.45) is 4.95. The van der Waals surface area contributed by atoms with Crippen LogP contribution in [0.2, 0.25) is 0 Å². The number of rotatable bonds is 4. The molecule has 1 fully saturated rings. The molecule has 3 aliphatic rings. The molecule has 4 amide bonds. The number of carbonyl (C=O) groups is 3. The van der Waals surface area contributed by atoms with Crippen LogP contribution >= 0.6 is 11.3 Å². The molecule has 9 heteroatoms. The van der Waals surface area contributed by atoms with E-state index in [1.54, 1.807) is 18.2 Å². The number of hydrogen-bond donors (Lipinski definition) is 2. The fourth-order valence-corrected chi connectivity index (χ4v) is 5.91. The molecule has 2 aliphatic heterocycles. The standard InChI is InChI=1S/C26H24N4O4S/c31-22(28-24-27-20(15-35-24)18-10-9-16-5-1-2-6-17(16)13-18)14-30-23(32)26(29-25(30)33)11-12-34-21-8-4-3-7-19(21)26/h3-4,7-10,13,15H,1-2,5-6,11-12,14H2,(H,29,33)(H,27,28,31)/t26-/m0/s1. The van der Waals surface area contributed by atoms with Crippen molar-refractivity contribution in [1.82, 2.24) is 15.2 Å². The van der Waals surface area contributed by atoms with Gasteiger partial charge in [0.25, 0.3) is 5.91 Å². The molecule has 1 aliphatic carbocycles. The fourth-order valence-electron chi connectivity index (χ4n) is 5.17. The van der Waals surface area contributed by atoms with E-state index in [1.807, 2.05) is 11.4 Å². The summed E-state index contributed by atoms with van der Waals surface area (Å²) in [5.41, 5.74) is 4.01. The molecule has 1 atom stereocenters. The van der Waals surface area contributed by atoms with Crippen LogP contribution in [0.5, 0.6) is 5.75 Å². The molecular formula is C26H24N4O4S. The van der Waals surface area contributed by atoms with Gasteiger partial charge in [0, 0.05) is 22.9 Å². The van der Waals surface area contributed by atoms with E-state index >= 15 is 0 Å². The summed E-state index contributed by atoms with van der Waals surface area (Å²) in [6, 6.07) is 13.0. The van der Waals surface area contributed by atoms with Crippen molar-refractivity contribution in [1.29, 1.82) is 0 Å². The number of hydrogen-bond acceptors (Lipinski definition) is 6. The van der Waals surface area contributed by atoms with E-state index in [-0.39, 0.29) is 6.54 Å². The number of aryl methyl sites for hydroxylation is 2. The van der Waals surface area contributed by atoms with E-state index in [0.29, 0.717) is 29.5 Å². The van der Waals surface area contributed by atoms with Gasteiger partial charge in [-0.15, -0.1) is 11.3 Å². The molecule has 1 aromatic heterocycles. The first-order chi connectivity index (χ1) is 17.0. The molecule has 8 nitrogen and oxygen atoms in total. The summed E-state index contributed by atoms with van der Waals surface area (Å²) >= 11 is 1.32.